The maximum atomic E-state index is 12.2. The molecule has 1 fully saturated rings. The molecule has 4 aliphatic rings. The number of likely N-dealkylation sites (N-methyl/N-ethyl adjacent to an activating group) is 1. The Hall–Kier alpha value is -1.51. The van der Waals surface area contributed by atoms with Crippen molar-refractivity contribution >= 4 is 30.8 Å². The van der Waals surface area contributed by atoms with Crippen molar-refractivity contribution in [2.75, 3.05) is 27.2 Å². The molecule has 2 heterocycles. The van der Waals surface area contributed by atoms with Crippen LogP contribution in [0.2, 0.25) is 0 Å². The van der Waals surface area contributed by atoms with E-state index in [1.807, 2.05) is 12.1 Å². The summed E-state index contributed by atoms with van der Waals surface area (Å²) in [4.78, 5) is 14.4. The summed E-state index contributed by atoms with van der Waals surface area (Å²) in [6, 6.07) is 3.98. The number of rotatable bonds is 4. The Morgan fingerprint density at radius 3 is 2.87 bits per heavy atom. The lowest BCUT2D eigenvalue weighted by Gasteiger charge is -2.61. The van der Waals surface area contributed by atoms with Crippen LogP contribution in [0.1, 0.15) is 30.4 Å². The maximum Gasteiger partial charge on any atom is 0.312 e. The van der Waals surface area contributed by atoms with E-state index in [4.69, 9.17) is 19.9 Å². The predicted molar refractivity (Wildman–Crippen MR) is 116 cm³/mol. The van der Waals surface area contributed by atoms with Crippen LogP contribution in [0.5, 0.6) is 11.5 Å². The van der Waals surface area contributed by atoms with Crippen molar-refractivity contribution in [3.05, 3.63) is 35.1 Å². The van der Waals surface area contributed by atoms with E-state index in [1.165, 1.54) is 5.56 Å². The summed E-state index contributed by atoms with van der Waals surface area (Å²) in [6.07, 6.45) is 3.33. The fraction of sp³-hybridized carbons (Fsp3) is 0.571. The molecule has 4 atom stereocenters. The van der Waals surface area contributed by atoms with Crippen molar-refractivity contribution in [3.63, 3.8) is 0 Å². The monoisotopic (exact) mass is 458 g/mol. The highest BCUT2D eigenvalue weighted by molar-refractivity contribution is 5.85. The average molecular weight is 459 g/mol. The van der Waals surface area contributed by atoms with Gasteiger partial charge in [-0.3, -0.25) is 4.79 Å². The number of aliphatic hydroxyl groups is 1. The van der Waals surface area contributed by atoms with Crippen molar-refractivity contribution in [1.29, 1.82) is 0 Å². The van der Waals surface area contributed by atoms with E-state index in [0.29, 0.717) is 23.7 Å². The molecule has 1 aromatic rings. The van der Waals surface area contributed by atoms with Crippen LogP contribution >= 0.6 is 24.8 Å². The molecule has 3 N–H and O–H groups in total. The van der Waals surface area contributed by atoms with Gasteiger partial charge in [-0.05, 0) is 44.1 Å². The zero-order valence-electron chi connectivity index (χ0n) is 17.1. The number of carbonyl (C=O) groups excluding carboxylic acids is 1. The standard InChI is InChI=1S/C21H26N2O5.2ClH/c1-23-10-8-20-17-12-3-4-13(26-2)18(17)28-19(20)14(27-16(24)6-9-22)5-7-21(20,25)15(23)11-12;;/h3-5,15,19,25H,6-11,22H2,1-2H3;2*1H. The van der Waals surface area contributed by atoms with Gasteiger partial charge in [0, 0.05) is 24.6 Å². The van der Waals surface area contributed by atoms with Gasteiger partial charge in [-0.2, -0.15) is 0 Å². The van der Waals surface area contributed by atoms with E-state index < -0.39 is 17.1 Å². The number of hydrogen-bond donors (Lipinski definition) is 2. The highest BCUT2D eigenvalue weighted by Crippen LogP contribution is 2.65. The van der Waals surface area contributed by atoms with Crippen molar-refractivity contribution in [2.24, 2.45) is 5.73 Å². The molecule has 4 unspecified atom stereocenters. The Morgan fingerprint density at radius 1 is 1.40 bits per heavy atom. The van der Waals surface area contributed by atoms with E-state index >= 15 is 0 Å². The lowest BCUT2D eigenvalue weighted by atomic mass is 9.50. The Labute approximate surface area is 188 Å². The van der Waals surface area contributed by atoms with Gasteiger partial charge in [-0.1, -0.05) is 6.07 Å². The summed E-state index contributed by atoms with van der Waals surface area (Å²) in [6.45, 7) is 1.07. The Kier molecular flexibility index (Phi) is 6.08. The first-order valence-electron chi connectivity index (χ1n) is 9.86. The number of nitrogens with two attached hydrogens (primary N) is 1. The summed E-state index contributed by atoms with van der Waals surface area (Å²) in [7, 11) is 3.68. The van der Waals surface area contributed by atoms with Crippen LogP contribution in [0.25, 0.3) is 0 Å². The summed E-state index contributed by atoms with van der Waals surface area (Å²) in [5, 5.41) is 12.0. The number of methoxy groups -OCH3 is 1. The summed E-state index contributed by atoms with van der Waals surface area (Å²) >= 11 is 0. The zero-order valence-corrected chi connectivity index (χ0v) is 18.7. The molecule has 1 spiro atoms. The molecular weight excluding hydrogens is 431 g/mol. The van der Waals surface area contributed by atoms with Gasteiger partial charge in [0.1, 0.15) is 5.76 Å². The van der Waals surface area contributed by atoms with Gasteiger partial charge >= 0.3 is 5.97 Å². The topological polar surface area (TPSA) is 94.2 Å². The fourth-order valence-corrected chi connectivity index (χ4v) is 5.89. The van der Waals surface area contributed by atoms with Gasteiger partial charge in [-0.15, -0.1) is 24.8 Å². The third-order valence-corrected chi connectivity index (χ3v) is 7.14. The van der Waals surface area contributed by atoms with E-state index in [2.05, 4.69) is 18.0 Å². The van der Waals surface area contributed by atoms with Crippen molar-refractivity contribution < 1.29 is 24.1 Å². The molecule has 1 aromatic carbocycles. The van der Waals surface area contributed by atoms with Crippen LogP contribution in [0.4, 0.5) is 0 Å². The van der Waals surface area contributed by atoms with Crippen LogP contribution in [-0.4, -0.2) is 61.0 Å². The minimum Gasteiger partial charge on any atom is -0.493 e. The van der Waals surface area contributed by atoms with E-state index in [9.17, 15) is 9.90 Å². The normalized spacial score (nSPS) is 32.6. The fourth-order valence-electron chi connectivity index (χ4n) is 5.89. The van der Waals surface area contributed by atoms with E-state index in [0.717, 1.165) is 24.9 Å². The molecule has 30 heavy (non-hydrogen) atoms. The molecule has 2 aliphatic carbocycles. The predicted octanol–water partition coefficient (Wildman–Crippen LogP) is 1.71. The smallest absolute Gasteiger partial charge is 0.312 e. The highest BCUT2D eigenvalue weighted by atomic mass is 35.5. The van der Waals surface area contributed by atoms with Crippen LogP contribution in [-0.2, 0) is 21.4 Å². The maximum absolute atomic E-state index is 12.2. The van der Waals surface area contributed by atoms with Gasteiger partial charge in [-0.25, -0.2) is 0 Å². The van der Waals surface area contributed by atoms with Crippen LogP contribution in [0, 0.1) is 0 Å². The number of piperidine rings is 1. The number of carbonyl (C=O) groups is 1. The number of likely N-dealkylation sites (tertiary alicyclic amines) is 1. The van der Waals surface area contributed by atoms with Gasteiger partial charge in [0.2, 0.25) is 0 Å². The summed E-state index contributed by atoms with van der Waals surface area (Å²) < 4.78 is 17.6. The van der Waals surface area contributed by atoms with Crippen molar-refractivity contribution in [3.8, 4) is 11.5 Å². The average Bonchev–Trinajstić information content (AvgIpc) is 3.02. The molecule has 0 aromatic heterocycles. The van der Waals surface area contributed by atoms with Gasteiger partial charge in [0.05, 0.1) is 24.5 Å². The number of benzene rings is 1. The molecule has 1 saturated heterocycles. The minimum atomic E-state index is -0.987. The van der Waals surface area contributed by atoms with Crippen molar-refractivity contribution in [2.45, 2.75) is 48.8 Å². The molecule has 2 aliphatic heterocycles. The Bertz CT molecular complexity index is 894. The summed E-state index contributed by atoms with van der Waals surface area (Å²) in [5.41, 5.74) is 6.08. The second kappa shape index (κ2) is 7.88. The number of halogens is 2. The quantitative estimate of drug-likeness (QED) is 0.663. The molecule has 0 radical (unpaired) electrons. The van der Waals surface area contributed by atoms with Gasteiger partial charge in [0.25, 0.3) is 0 Å². The molecule has 0 amide bonds. The van der Waals surface area contributed by atoms with Crippen LogP contribution < -0.4 is 15.2 Å². The molecule has 9 heteroatoms. The number of nitrogens with zero attached hydrogens (tertiary/aromatic N) is 1. The lowest BCUT2D eigenvalue weighted by Crippen LogP contribution is -2.74. The number of ether oxygens (including phenoxy) is 3. The largest absolute Gasteiger partial charge is 0.493 e. The molecule has 5 rings (SSSR count). The highest BCUT2D eigenvalue weighted by Gasteiger charge is 2.72. The first kappa shape index (κ1) is 23.2. The summed E-state index contributed by atoms with van der Waals surface area (Å²) in [5.74, 6) is 1.43. The first-order chi connectivity index (χ1) is 13.5. The number of hydrogen-bond acceptors (Lipinski definition) is 7. The third-order valence-electron chi connectivity index (χ3n) is 7.14. The second-order valence-electron chi connectivity index (χ2n) is 8.30. The van der Waals surface area contributed by atoms with Gasteiger partial charge in [0.15, 0.2) is 17.6 Å². The van der Waals surface area contributed by atoms with Crippen molar-refractivity contribution in [1.82, 2.24) is 4.90 Å². The SMILES string of the molecule is COc1ccc2c3c1OC1C(OC(=O)CCN)=CCC4(O)C(C2)N(C)CCC314.Cl.Cl. The Balaban J connectivity index is 0.00000128. The lowest BCUT2D eigenvalue weighted by molar-refractivity contribution is -0.169. The second-order valence-corrected chi connectivity index (χ2v) is 8.30. The Morgan fingerprint density at radius 2 is 2.17 bits per heavy atom. The third kappa shape index (κ3) is 2.72. The molecule has 0 saturated carbocycles. The molecule has 2 bridgehead atoms. The first-order valence-corrected chi connectivity index (χ1v) is 9.86. The van der Waals surface area contributed by atoms with E-state index in [-0.39, 0.29) is 49.8 Å². The minimum absolute atomic E-state index is 0. The molecule has 166 valence electrons. The van der Waals surface area contributed by atoms with E-state index in [1.54, 1.807) is 7.11 Å². The number of esters is 1. The zero-order chi connectivity index (χ0) is 19.7. The van der Waals surface area contributed by atoms with Gasteiger partial charge < -0.3 is 30.0 Å². The molecular formula is C21H28Cl2N2O5. The van der Waals surface area contributed by atoms with Crippen LogP contribution in [0.15, 0.2) is 24.0 Å². The van der Waals surface area contributed by atoms with Crippen LogP contribution in [0.3, 0.4) is 0 Å². The molecule has 7 nitrogen and oxygen atoms in total.